The number of rotatable bonds is 2. The summed E-state index contributed by atoms with van der Waals surface area (Å²) in [6.45, 7) is -1.64. The molecular formula is C10H6F3NO2. The molecule has 0 N–H and O–H groups in total. The van der Waals surface area contributed by atoms with Gasteiger partial charge in [0.15, 0.2) is 6.61 Å². The molecule has 1 rings (SSSR count). The van der Waals surface area contributed by atoms with Crippen molar-refractivity contribution in [1.82, 2.24) is 0 Å². The van der Waals surface area contributed by atoms with Crippen LogP contribution >= 0.6 is 0 Å². The predicted octanol–water partition coefficient (Wildman–Crippen LogP) is 2.28. The Hall–Kier alpha value is -2.03. The highest BCUT2D eigenvalue weighted by atomic mass is 19.4. The molecule has 6 heteroatoms. The monoisotopic (exact) mass is 229 g/mol. The average molecular weight is 229 g/mol. The first kappa shape index (κ1) is 12.0. The minimum atomic E-state index is -4.55. The van der Waals surface area contributed by atoms with E-state index in [1.165, 1.54) is 24.3 Å². The van der Waals surface area contributed by atoms with Gasteiger partial charge >= 0.3 is 12.1 Å². The molecule has 1 aromatic rings. The van der Waals surface area contributed by atoms with Crippen LogP contribution < -0.4 is 0 Å². The standard InChI is InChI=1S/C10H6F3NO2/c11-10(12,13)6-16-9(15)8-3-1-2-7(4-8)5-14/h1-4H,6H2. The van der Waals surface area contributed by atoms with Crippen molar-refractivity contribution in [2.75, 3.05) is 6.61 Å². The number of hydrogen-bond donors (Lipinski definition) is 0. The van der Waals surface area contributed by atoms with Crippen LogP contribution in [-0.4, -0.2) is 18.8 Å². The van der Waals surface area contributed by atoms with E-state index in [9.17, 15) is 18.0 Å². The van der Waals surface area contributed by atoms with Crippen molar-refractivity contribution < 1.29 is 22.7 Å². The van der Waals surface area contributed by atoms with Gasteiger partial charge in [0.1, 0.15) is 0 Å². The van der Waals surface area contributed by atoms with Crippen LogP contribution in [0.2, 0.25) is 0 Å². The smallest absolute Gasteiger partial charge is 0.422 e. The predicted molar refractivity (Wildman–Crippen MR) is 47.5 cm³/mol. The molecule has 0 aliphatic heterocycles. The normalized spacial score (nSPS) is 10.6. The van der Waals surface area contributed by atoms with Gasteiger partial charge in [0.05, 0.1) is 17.2 Å². The molecule has 0 saturated carbocycles. The van der Waals surface area contributed by atoms with Crippen molar-refractivity contribution in [1.29, 1.82) is 5.26 Å². The Kier molecular flexibility index (Phi) is 3.51. The number of benzene rings is 1. The maximum Gasteiger partial charge on any atom is 0.422 e. The summed E-state index contributed by atoms with van der Waals surface area (Å²) in [4.78, 5) is 11.1. The minimum absolute atomic E-state index is 0.0803. The summed E-state index contributed by atoms with van der Waals surface area (Å²) in [5.41, 5.74) is 0.102. The molecule has 0 amide bonds. The van der Waals surface area contributed by atoms with Gasteiger partial charge in [0, 0.05) is 0 Å². The first-order chi connectivity index (χ1) is 7.42. The fourth-order valence-corrected chi connectivity index (χ4v) is 0.946. The van der Waals surface area contributed by atoms with Crippen LogP contribution in [0.3, 0.4) is 0 Å². The topological polar surface area (TPSA) is 50.1 Å². The Morgan fingerprint density at radius 1 is 1.44 bits per heavy atom. The van der Waals surface area contributed by atoms with E-state index in [1.807, 2.05) is 0 Å². The van der Waals surface area contributed by atoms with Crippen LogP contribution in [0.15, 0.2) is 24.3 Å². The molecule has 0 aliphatic rings. The summed E-state index contributed by atoms with van der Waals surface area (Å²) in [6.07, 6.45) is -4.55. The second-order valence-corrected chi connectivity index (χ2v) is 2.88. The van der Waals surface area contributed by atoms with Crippen molar-refractivity contribution in [3.8, 4) is 6.07 Å². The summed E-state index contributed by atoms with van der Waals surface area (Å²) in [5.74, 6) is -1.10. The Morgan fingerprint density at radius 3 is 2.69 bits per heavy atom. The number of ether oxygens (including phenoxy) is 1. The van der Waals surface area contributed by atoms with Crippen molar-refractivity contribution >= 4 is 5.97 Å². The molecule has 3 nitrogen and oxygen atoms in total. The van der Waals surface area contributed by atoms with Gasteiger partial charge in [0.25, 0.3) is 0 Å². The Morgan fingerprint density at radius 2 is 2.12 bits per heavy atom. The van der Waals surface area contributed by atoms with Crippen LogP contribution in [0.4, 0.5) is 13.2 Å². The molecule has 0 aliphatic carbocycles. The molecule has 1 aromatic carbocycles. The number of nitrogens with zero attached hydrogens (tertiary/aromatic N) is 1. The summed E-state index contributed by atoms with van der Waals surface area (Å²) in [5, 5.41) is 8.52. The molecule has 0 heterocycles. The van der Waals surface area contributed by atoms with Gasteiger partial charge in [-0.05, 0) is 18.2 Å². The third-order valence-corrected chi connectivity index (χ3v) is 1.59. The fraction of sp³-hybridized carbons (Fsp3) is 0.200. The van der Waals surface area contributed by atoms with E-state index in [4.69, 9.17) is 5.26 Å². The van der Waals surface area contributed by atoms with Gasteiger partial charge in [-0.15, -0.1) is 0 Å². The summed E-state index contributed by atoms with van der Waals surface area (Å²) in [6, 6.07) is 7.03. The molecule has 0 radical (unpaired) electrons. The Labute approximate surface area is 89.1 Å². The average Bonchev–Trinajstić information content (AvgIpc) is 2.25. The number of halogens is 3. The van der Waals surface area contributed by atoms with Gasteiger partial charge < -0.3 is 4.74 Å². The highest BCUT2D eigenvalue weighted by molar-refractivity contribution is 5.89. The maximum absolute atomic E-state index is 11.7. The highest BCUT2D eigenvalue weighted by Crippen LogP contribution is 2.15. The zero-order valence-electron chi connectivity index (χ0n) is 7.91. The Balaban J connectivity index is 2.71. The molecule has 0 atom stereocenters. The second-order valence-electron chi connectivity index (χ2n) is 2.88. The number of esters is 1. The second kappa shape index (κ2) is 4.66. The number of alkyl halides is 3. The van der Waals surface area contributed by atoms with E-state index in [1.54, 1.807) is 6.07 Å². The van der Waals surface area contributed by atoms with Crippen molar-refractivity contribution in [3.05, 3.63) is 35.4 Å². The van der Waals surface area contributed by atoms with Gasteiger partial charge in [-0.1, -0.05) is 6.07 Å². The molecule has 0 saturated heterocycles. The SMILES string of the molecule is N#Cc1cccc(C(=O)OCC(F)(F)F)c1. The minimum Gasteiger partial charge on any atom is -0.452 e. The lowest BCUT2D eigenvalue weighted by molar-refractivity contribution is -0.161. The van der Waals surface area contributed by atoms with Crippen LogP contribution in [-0.2, 0) is 4.74 Å². The molecule has 84 valence electrons. The highest BCUT2D eigenvalue weighted by Gasteiger charge is 2.29. The van der Waals surface area contributed by atoms with Crippen molar-refractivity contribution in [2.24, 2.45) is 0 Å². The number of hydrogen-bond acceptors (Lipinski definition) is 3. The first-order valence-electron chi connectivity index (χ1n) is 4.16. The summed E-state index contributed by atoms with van der Waals surface area (Å²) in [7, 11) is 0. The van der Waals surface area contributed by atoms with E-state index in [0.29, 0.717) is 0 Å². The van der Waals surface area contributed by atoms with Crippen molar-refractivity contribution in [2.45, 2.75) is 6.18 Å². The maximum atomic E-state index is 11.7. The molecular weight excluding hydrogens is 223 g/mol. The number of carbonyl (C=O) groups excluding carboxylic acids is 1. The van der Waals surface area contributed by atoms with Gasteiger partial charge in [-0.2, -0.15) is 18.4 Å². The molecule has 16 heavy (non-hydrogen) atoms. The molecule has 0 fully saturated rings. The lowest BCUT2D eigenvalue weighted by Gasteiger charge is -2.07. The van der Waals surface area contributed by atoms with Gasteiger partial charge in [0.2, 0.25) is 0 Å². The zero-order chi connectivity index (χ0) is 12.2. The lowest BCUT2D eigenvalue weighted by atomic mass is 10.1. The molecule has 0 spiro atoms. The third kappa shape index (κ3) is 3.61. The first-order valence-corrected chi connectivity index (χ1v) is 4.16. The number of nitriles is 1. The van der Waals surface area contributed by atoms with E-state index in [0.717, 1.165) is 0 Å². The lowest BCUT2D eigenvalue weighted by Crippen LogP contribution is -2.20. The third-order valence-electron chi connectivity index (χ3n) is 1.59. The Bertz CT molecular complexity index is 434. The van der Waals surface area contributed by atoms with Gasteiger partial charge in [-0.25, -0.2) is 4.79 Å². The van der Waals surface area contributed by atoms with Crippen LogP contribution in [0.25, 0.3) is 0 Å². The number of carbonyl (C=O) groups is 1. The molecule has 0 unspecified atom stereocenters. The van der Waals surface area contributed by atoms with E-state index in [2.05, 4.69) is 4.74 Å². The van der Waals surface area contributed by atoms with Crippen LogP contribution in [0.5, 0.6) is 0 Å². The van der Waals surface area contributed by atoms with E-state index in [-0.39, 0.29) is 11.1 Å². The largest absolute Gasteiger partial charge is 0.452 e. The fourth-order valence-electron chi connectivity index (χ4n) is 0.946. The summed E-state index contributed by atoms with van der Waals surface area (Å²) < 4.78 is 39.3. The zero-order valence-corrected chi connectivity index (χ0v) is 7.91. The van der Waals surface area contributed by atoms with Crippen LogP contribution in [0, 0.1) is 11.3 Å². The quantitative estimate of drug-likeness (QED) is 0.731. The van der Waals surface area contributed by atoms with E-state index >= 15 is 0 Å². The van der Waals surface area contributed by atoms with Gasteiger partial charge in [-0.3, -0.25) is 0 Å². The van der Waals surface area contributed by atoms with Crippen molar-refractivity contribution in [3.63, 3.8) is 0 Å². The van der Waals surface area contributed by atoms with E-state index < -0.39 is 18.8 Å². The van der Waals surface area contributed by atoms with Crippen LogP contribution in [0.1, 0.15) is 15.9 Å². The molecule has 0 bridgehead atoms. The molecule has 0 aromatic heterocycles. The summed E-state index contributed by atoms with van der Waals surface area (Å²) >= 11 is 0.